The first-order chi connectivity index (χ1) is 16.3. The highest BCUT2D eigenvalue weighted by atomic mass is 35.5. The van der Waals surface area contributed by atoms with Crippen LogP contribution in [0.2, 0.25) is 15.1 Å². The van der Waals surface area contributed by atoms with Gasteiger partial charge in [-0.2, -0.15) is 0 Å². The average molecular weight is 518 g/mol. The van der Waals surface area contributed by atoms with Crippen LogP contribution in [0.15, 0.2) is 71.8 Å². The van der Waals surface area contributed by atoms with Gasteiger partial charge in [-0.3, -0.25) is 9.79 Å². The lowest BCUT2D eigenvalue weighted by atomic mass is 9.63. The van der Waals surface area contributed by atoms with Gasteiger partial charge in [-0.15, -0.1) is 6.58 Å². The van der Waals surface area contributed by atoms with E-state index in [0.717, 1.165) is 29.3 Å². The molecular formula is C28H31Cl3N2O. The standard InChI is InChI=1S/C25H25Cl3N2O.C3H6/c1-3-14(2)25(31)30-24-20-11-10-19(18-9-8-17(27)12-22(18)28)23(21(20)13-29-24)15-4-6-16(26)7-5-15;1-3-2/h3-9,12,19-21,23H,10-11,13H2,1-2H3,(H,29,30,31);3H,1H2,2H3/b14-3+;. The fraction of sp³-hybridized carbons (Fsp3) is 0.357. The van der Waals surface area contributed by atoms with E-state index in [1.165, 1.54) is 5.56 Å². The molecule has 2 aliphatic rings. The maximum atomic E-state index is 12.5. The Labute approximate surface area is 217 Å². The maximum Gasteiger partial charge on any atom is 0.251 e. The number of hydrogen-bond acceptors (Lipinski definition) is 2. The van der Waals surface area contributed by atoms with Crippen molar-refractivity contribution >= 4 is 46.5 Å². The molecule has 1 aliphatic carbocycles. The molecular weight excluding hydrogens is 487 g/mol. The van der Waals surface area contributed by atoms with Crippen LogP contribution in [0.1, 0.15) is 56.6 Å². The van der Waals surface area contributed by atoms with Gasteiger partial charge >= 0.3 is 0 Å². The van der Waals surface area contributed by atoms with Crippen molar-refractivity contribution in [2.24, 2.45) is 16.8 Å². The molecule has 34 heavy (non-hydrogen) atoms. The van der Waals surface area contributed by atoms with Gasteiger partial charge in [-0.25, -0.2) is 0 Å². The fourth-order valence-electron chi connectivity index (χ4n) is 5.00. The predicted molar refractivity (Wildman–Crippen MR) is 145 cm³/mol. The van der Waals surface area contributed by atoms with Crippen molar-refractivity contribution in [2.45, 2.75) is 45.4 Å². The molecule has 2 aromatic rings. The highest BCUT2D eigenvalue weighted by Crippen LogP contribution is 2.53. The second-order valence-electron chi connectivity index (χ2n) is 8.76. The third-order valence-electron chi connectivity index (χ3n) is 6.67. The first-order valence-electron chi connectivity index (χ1n) is 11.6. The highest BCUT2D eigenvalue weighted by molar-refractivity contribution is 6.35. The van der Waals surface area contributed by atoms with E-state index in [2.05, 4.69) is 24.0 Å². The largest absolute Gasteiger partial charge is 0.310 e. The summed E-state index contributed by atoms with van der Waals surface area (Å²) in [6.45, 7) is 9.62. The first kappa shape index (κ1) is 26.5. The molecule has 2 aromatic carbocycles. The van der Waals surface area contributed by atoms with Crippen molar-refractivity contribution < 1.29 is 4.79 Å². The third kappa shape index (κ3) is 5.94. The Morgan fingerprint density at radius 1 is 1.03 bits per heavy atom. The Bertz CT molecular complexity index is 1090. The molecule has 0 saturated heterocycles. The molecule has 3 nitrogen and oxygen atoms in total. The lowest BCUT2D eigenvalue weighted by Crippen LogP contribution is -2.40. The monoisotopic (exact) mass is 516 g/mol. The number of carbonyl (C=O) groups is 1. The van der Waals surface area contributed by atoms with Crippen molar-refractivity contribution in [3.05, 3.63) is 93.0 Å². The van der Waals surface area contributed by atoms with Crippen molar-refractivity contribution in [3.63, 3.8) is 0 Å². The zero-order valence-corrected chi connectivity index (χ0v) is 22.1. The Balaban J connectivity index is 0.00000103. The van der Waals surface area contributed by atoms with Crippen molar-refractivity contribution in [1.82, 2.24) is 5.32 Å². The SMILES string of the molecule is C/C=C(\C)C(=O)NC1=NCC2C1CCC(c1ccc(Cl)cc1Cl)C2c1ccc(Cl)cc1.C=CC. The van der Waals surface area contributed by atoms with Gasteiger partial charge in [0.1, 0.15) is 5.84 Å². The molecule has 0 bridgehead atoms. The van der Waals surface area contributed by atoms with Crippen molar-refractivity contribution in [2.75, 3.05) is 6.54 Å². The number of allylic oxidation sites excluding steroid dienone is 2. The number of hydrogen-bond donors (Lipinski definition) is 1. The smallest absolute Gasteiger partial charge is 0.251 e. The van der Waals surface area contributed by atoms with E-state index in [1.54, 1.807) is 6.08 Å². The minimum absolute atomic E-state index is 0.0761. The van der Waals surface area contributed by atoms with Crippen LogP contribution in [0.5, 0.6) is 0 Å². The minimum Gasteiger partial charge on any atom is -0.310 e. The molecule has 1 amide bonds. The summed E-state index contributed by atoms with van der Waals surface area (Å²) in [4.78, 5) is 17.2. The Hall–Kier alpha value is -2.07. The van der Waals surface area contributed by atoms with Crippen LogP contribution in [-0.2, 0) is 4.79 Å². The molecule has 180 valence electrons. The van der Waals surface area contributed by atoms with Crippen LogP contribution in [0.25, 0.3) is 0 Å². The van der Waals surface area contributed by atoms with Gasteiger partial charge < -0.3 is 5.32 Å². The minimum atomic E-state index is -0.0761. The summed E-state index contributed by atoms with van der Waals surface area (Å²) in [5, 5.41) is 5.12. The van der Waals surface area contributed by atoms with Crippen LogP contribution in [-0.4, -0.2) is 18.3 Å². The van der Waals surface area contributed by atoms with E-state index < -0.39 is 0 Å². The van der Waals surface area contributed by atoms with E-state index in [9.17, 15) is 4.79 Å². The molecule has 1 N–H and O–H groups in total. The van der Waals surface area contributed by atoms with Gasteiger partial charge in [-0.1, -0.05) is 65.2 Å². The molecule has 0 aromatic heterocycles. The molecule has 6 heteroatoms. The van der Waals surface area contributed by atoms with Crippen LogP contribution in [0.3, 0.4) is 0 Å². The summed E-state index contributed by atoms with van der Waals surface area (Å²) in [7, 11) is 0. The summed E-state index contributed by atoms with van der Waals surface area (Å²) in [5.41, 5.74) is 3.04. The average Bonchev–Trinajstić information content (AvgIpc) is 3.22. The molecule has 1 fully saturated rings. The number of halogens is 3. The Kier molecular flexibility index (Phi) is 9.41. The first-order valence-corrected chi connectivity index (χ1v) is 12.7. The van der Waals surface area contributed by atoms with Gasteiger partial charge in [0.15, 0.2) is 0 Å². The molecule has 4 rings (SSSR count). The van der Waals surface area contributed by atoms with E-state index in [1.807, 2.05) is 57.2 Å². The summed E-state index contributed by atoms with van der Waals surface area (Å²) >= 11 is 19.0. The second kappa shape index (κ2) is 12.1. The van der Waals surface area contributed by atoms with E-state index in [-0.39, 0.29) is 29.6 Å². The molecule has 4 atom stereocenters. The summed E-state index contributed by atoms with van der Waals surface area (Å²) in [6, 6.07) is 13.9. The van der Waals surface area contributed by atoms with Crippen LogP contribution < -0.4 is 5.32 Å². The third-order valence-corrected chi connectivity index (χ3v) is 7.49. The lowest BCUT2D eigenvalue weighted by molar-refractivity contribution is -0.116. The van der Waals surface area contributed by atoms with Crippen LogP contribution in [0.4, 0.5) is 0 Å². The number of nitrogens with one attached hydrogen (secondary N) is 1. The van der Waals surface area contributed by atoms with E-state index >= 15 is 0 Å². The Morgan fingerprint density at radius 2 is 1.65 bits per heavy atom. The van der Waals surface area contributed by atoms with Crippen molar-refractivity contribution in [1.29, 1.82) is 0 Å². The van der Waals surface area contributed by atoms with Crippen LogP contribution in [0, 0.1) is 11.8 Å². The lowest BCUT2D eigenvalue weighted by Gasteiger charge is -2.41. The van der Waals surface area contributed by atoms with Gasteiger partial charge in [0.2, 0.25) is 0 Å². The number of rotatable bonds is 3. The molecule has 1 heterocycles. The predicted octanol–water partition coefficient (Wildman–Crippen LogP) is 8.23. The topological polar surface area (TPSA) is 41.5 Å². The maximum absolute atomic E-state index is 12.5. The number of amidine groups is 1. The number of amides is 1. The molecule has 0 spiro atoms. The van der Waals surface area contributed by atoms with Gasteiger partial charge in [0.25, 0.3) is 5.91 Å². The van der Waals surface area contributed by atoms with Crippen molar-refractivity contribution in [3.8, 4) is 0 Å². The zero-order valence-electron chi connectivity index (χ0n) is 19.8. The fourth-order valence-corrected chi connectivity index (χ4v) is 5.67. The number of nitrogens with zero attached hydrogens (tertiary/aromatic N) is 1. The zero-order chi connectivity index (χ0) is 24.8. The van der Waals surface area contributed by atoms with Gasteiger partial charge in [-0.05, 0) is 86.8 Å². The number of benzene rings is 2. The van der Waals surface area contributed by atoms with Crippen LogP contribution >= 0.6 is 34.8 Å². The Morgan fingerprint density at radius 3 is 2.26 bits per heavy atom. The molecule has 0 radical (unpaired) electrons. The van der Waals surface area contributed by atoms with E-state index in [4.69, 9.17) is 39.8 Å². The highest BCUT2D eigenvalue weighted by Gasteiger charge is 2.46. The molecule has 1 saturated carbocycles. The number of fused-ring (bicyclic) bond motifs is 1. The van der Waals surface area contributed by atoms with E-state index in [0.29, 0.717) is 22.2 Å². The quantitative estimate of drug-likeness (QED) is 0.323. The van der Waals surface area contributed by atoms with Gasteiger partial charge in [0.05, 0.1) is 0 Å². The summed E-state index contributed by atoms with van der Waals surface area (Å²) < 4.78 is 0. The summed E-state index contributed by atoms with van der Waals surface area (Å²) in [6.07, 6.45) is 5.47. The number of carbonyl (C=O) groups excluding carboxylic acids is 1. The second-order valence-corrected chi connectivity index (χ2v) is 10.0. The van der Waals surface area contributed by atoms with Gasteiger partial charge in [0, 0.05) is 33.1 Å². The molecule has 1 aliphatic heterocycles. The normalized spacial score (nSPS) is 23.8. The molecule has 4 unspecified atom stereocenters. The summed E-state index contributed by atoms with van der Waals surface area (Å²) in [5.74, 6) is 1.71. The number of aliphatic imine (C=N–C) groups is 1.